The number of nitrogens with two attached hydrogens (primary N) is 1. The minimum Gasteiger partial charge on any atom is -0.368 e. The van der Waals surface area contributed by atoms with Gasteiger partial charge in [0.2, 0.25) is 5.91 Å². The summed E-state index contributed by atoms with van der Waals surface area (Å²) in [6.45, 7) is 4.06. The van der Waals surface area contributed by atoms with Crippen molar-refractivity contribution in [2.75, 3.05) is 26.2 Å². The topological polar surface area (TPSA) is 95.3 Å². The highest BCUT2D eigenvalue weighted by Gasteiger charge is 2.33. The number of primary amides is 1. The van der Waals surface area contributed by atoms with Crippen LogP contribution in [0.15, 0.2) is 36.5 Å². The quantitative estimate of drug-likeness (QED) is 0.831. The normalized spacial score (nSPS) is 18.3. The molecule has 1 saturated heterocycles. The molecule has 3 rings (SSSR count). The molecule has 0 radical (unpaired) electrons. The third-order valence-corrected chi connectivity index (χ3v) is 4.70. The minimum atomic E-state index is -0.464. The zero-order chi connectivity index (χ0) is 17.8. The van der Waals surface area contributed by atoms with Crippen LogP contribution in [0.3, 0.4) is 0 Å². The standard InChI is InChI=1S/C18H23N5O2/c1-13-15(11-20-21-13)18(25)23-10-9-22(16(12-23)17(19)24)8-7-14-5-3-2-4-6-14/h2-6,11,16H,7-10,12H2,1H3,(H2,19,24)(H,20,21). The summed E-state index contributed by atoms with van der Waals surface area (Å²) >= 11 is 0. The van der Waals surface area contributed by atoms with Crippen LogP contribution in [-0.4, -0.2) is 64.0 Å². The number of rotatable bonds is 5. The van der Waals surface area contributed by atoms with Gasteiger partial charge in [-0.15, -0.1) is 0 Å². The van der Waals surface area contributed by atoms with Crippen molar-refractivity contribution >= 4 is 11.8 Å². The number of nitrogens with zero attached hydrogens (tertiary/aromatic N) is 3. The Morgan fingerprint density at radius 2 is 2.04 bits per heavy atom. The molecule has 0 bridgehead atoms. The molecule has 0 spiro atoms. The Morgan fingerprint density at radius 1 is 1.28 bits per heavy atom. The van der Waals surface area contributed by atoms with Gasteiger partial charge in [0, 0.05) is 31.9 Å². The molecule has 2 heterocycles. The van der Waals surface area contributed by atoms with E-state index >= 15 is 0 Å². The fourth-order valence-corrected chi connectivity index (χ4v) is 3.20. The first kappa shape index (κ1) is 17.2. The highest BCUT2D eigenvalue weighted by Crippen LogP contribution is 2.15. The van der Waals surface area contributed by atoms with Crippen LogP contribution in [0, 0.1) is 6.92 Å². The average molecular weight is 341 g/mol. The smallest absolute Gasteiger partial charge is 0.257 e. The third-order valence-electron chi connectivity index (χ3n) is 4.70. The maximum Gasteiger partial charge on any atom is 0.257 e. The third kappa shape index (κ3) is 3.88. The summed E-state index contributed by atoms with van der Waals surface area (Å²) in [7, 11) is 0. The van der Waals surface area contributed by atoms with E-state index in [1.54, 1.807) is 4.90 Å². The van der Waals surface area contributed by atoms with Gasteiger partial charge in [-0.3, -0.25) is 19.6 Å². The molecule has 132 valence electrons. The molecular formula is C18H23N5O2. The number of amides is 2. The van der Waals surface area contributed by atoms with Gasteiger partial charge in [0.1, 0.15) is 6.04 Å². The molecule has 1 aliphatic heterocycles. The molecule has 7 nitrogen and oxygen atoms in total. The van der Waals surface area contributed by atoms with Crippen LogP contribution in [0.4, 0.5) is 0 Å². The van der Waals surface area contributed by atoms with Crippen molar-refractivity contribution in [1.82, 2.24) is 20.0 Å². The SMILES string of the molecule is Cc1[nH]ncc1C(=O)N1CCN(CCc2ccccc2)C(C(N)=O)C1. The Kier molecular flexibility index (Phi) is 5.14. The zero-order valence-corrected chi connectivity index (χ0v) is 14.3. The van der Waals surface area contributed by atoms with Crippen LogP contribution in [0.25, 0.3) is 0 Å². The molecule has 2 amide bonds. The monoisotopic (exact) mass is 341 g/mol. The Labute approximate surface area is 146 Å². The van der Waals surface area contributed by atoms with Crippen LogP contribution in [0.5, 0.6) is 0 Å². The second-order valence-electron chi connectivity index (χ2n) is 6.35. The number of hydrogen-bond donors (Lipinski definition) is 2. The second kappa shape index (κ2) is 7.48. The van der Waals surface area contributed by atoms with Gasteiger partial charge in [-0.2, -0.15) is 5.10 Å². The van der Waals surface area contributed by atoms with Gasteiger partial charge in [-0.1, -0.05) is 30.3 Å². The first-order valence-corrected chi connectivity index (χ1v) is 8.43. The number of aryl methyl sites for hydroxylation is 1. The van der Waals surface area contributed by atoms with Crippen molar-refractivity contribution in [3.05, 3.63) is 53.3 Å². The van der Waals surface area contributed by atoms with E-state index in [0.717, 1.165) is 18.7 Å². The number of carbonyl (C=O) groups is 2. The number of nitrogens with one attached hydrogen (secondary N) is 1. The van der Waals surface area contributed by atoms with Crippen LogP contribution in [0.2, 0.25) is 0 Å². The maximum absolute atomic E-state index is 12.6. The number of hydrogen-bond acceptors (Lipinski definition) is 4. The molecule has 1 fully saturated rings. The van der Waals surface area contributed by atoms with Crippen LogP contribution < -0.4 is 5.73 Å². The van der Waals surface area contributed by atoms with Crippen molar-refractivity contribution in [1.29, 1.82) is 0 Å². The molecule has 1 atom stereocenters. The minimum absolute atomic E-state index is 0.111. The van der Waals surface area contributed by atoms with Crippen molar-refractivity contribution < 1.29 is 9.59 Å². The largest absolute Gasteiger partial charge is 0.368 e. The van der Waals surface area contributed by atoms with E-state index in [9.17, 15) is 9.59 Å². The number of aromatic amines is 1. The van der Waals surface area contributed by atoms with Gasteiger partial charge in [-0.25, -0.2) is 0 Å². The summed E-state index contributed by atoms with van der Waals surface area (Å²) < 4.78 is 0. The lowest BCUT2D eigenvalue weighted by Crippen LogP contribution is -2.59. The molecule has 1 aromatic carbocycles. The summed E-state index contributed by atoms with van der Waals surface area (Å²) in [5.41, 5.74) is 8.09. The molecule has 1 unspecified atom stereocenters. The fourth-order valence-electron chi connectivity index (χ4n) is 3.20. The number of carbonyl (C=O) groups excluding carboxylic acids is 2. The number of H-pyrrole nitrogens is 1. The lowest BCUT2D eigenvalue weighted by molar-refractivity contribution is -0.125. The molecule has 1 aromatic heterocycles. The van der Waals surface area contributed by atoms with Crippen LogP contribution in [-0.2, 0) is 11.2 Å². The first-order chi connectivity index (χ1) is 12.1. The van der Waals surface area contributed by atoms with Crippen molar-refractivity contribution in [2.24, 2.45) is 5.73 Å². The molecule has 2 aromatic rings. The van der Waals surface area contributed by atoms with Crippen molar-refractivity contribution in [2.45, 2.75) is 19.4 Å². The molecule has 25 heavy (non-hydrogen) atoms. The predicted octanol–water partition coefficient (Wildman–Crippen LogP) is 0.573. The highest BCUT2D eigenvalue weighted by atomic mass is 16.2. The fraction of sp³-hybridized carbons (Fsp3) is 0.389. The van der Waals surface area contributed by atoms with E-state index in [2.05, 4.69) is 27.2 Å². The van der Waals surface area contributed by atoms with Crippen molar-refractivity contribution in [3.8, 4) is 0 Å². The van der Waals surface area contributed by atoms with Gasteiger partial charge >= 0.3 is 0 Å². The van der Waals surface area contributed by atoms with E-state index in [0.29, 0.717) is 25.2 Å². The Balaban J connectivity index is 1.65. The second-order valence-corrected chi connectivity index (χ2v) is 6.35. The van der Waals surface area contributed by atoms with Crippen LogP contribution >= 0.6 is 0 Å². The molecular weight excluding hydrogens is 318 g/mol. The number of benzene rings is 1. The highest BCUT2D eigenvalue weighted by molar-refractivity contribution is 5.95. The van der Waals surface area contributed by atoms with Gasteiger partial charge in [0.15, 0.2) is 0 Å². The average Bonchev–Trinajstić information content (AvgIpc) is 3.06. The van der Waals surface area contributed by atoms with E-state index < -0.39 is 11.9 Å². The van der Waals surface area contributed by atoms with Gasteiger partial charge in [0.25, 0.3) is 5.91 Å². The Bertz CT molecular complexity index is 743. The summed E-state index contributed by atoms with van der Waals surface area (Å²) in [5, 5.41) is 6.67. The first-order valence-electron chi connectivity index (χ1n) is 8.43. The van der Waals surface area contributed by atoms with Crippen LogP contribution in [0.1, 0.15) is 21.6 Å². The zero-order valence-electron chi connectivity index (χ0n) is 14.3. The lowest BCUT2D eigenvalue weighted by Gasteiger charge is -2.39. The summed E-state index contributed by atoms with van der Waals surface area (Å²) in [4.78, 5) is 28.3. The summed E-state index contributed by atoms with van der Waals surface area (Å²) in [6.07, 6.45) is 2.37. The Hall–Kier alpha value is -2.67. The number of piperazine rings is 1. The molecule has 0 aliphatic carbocycles. The summed E-state index contributed by atoms with van der Waals surface area (Å²) in [5.74, 6) is -0.505. The van der Waals surface area contributed by atoms with E-state index in [1.807, 2.05) is 25.1 Å². The lowest BCUT2D eigenvalue weighted by atomic mass is 10.1. The molecule has 3 N–H and O–H groups in total. The maximum atomic E-state index is 12.6. The molecule has 1 aliphatic rings. The van der Waals surface area contributed by atoms with Gasteiger partial charge < -0.3 is 10.6 Å². The van der Waals surface area contributed by atoms with Gasteiger partial charge in [0.05, 0.1) is 11.8 Å². The summed E-state index contributed by atoms with van der Waals surface area (Å²) in [6, 6.07) is 9.67. The Morgan fingerprint density at radius 3 is 2.68 bits per heavy atom. The van der Waals surface area contributed by atoms with Gasteiger partial charge in [-0.05, 0) is 18.9 Å². The van der Waals surface area contributed by atoms with E-state index in [4.69, 9.17) is 5.73 Å². The molecule has 0 saturated carbocycles. The van der Waals surface area contributed by atoms with E-state index in [-0.39, 0.29) is 5.91 Å². The predicted molar refractivity (Wildman–Crippen MR) is 93.9 cm³/mol. The van der Waals surface area contributed by atoms with Crippen molar-refractivity contribution in [3.63, 3.8) is 0 Å². The number of aromatic nitrogens is 2. The molecule has 7 heteroatoms. The van der Waals surface area contributed by atoms with E-state index in [1.165, 1.54) is 11.8 Å².